The molecule has 0 unspecified atom stereocenters. The first kappa shape index (κ1) is 16.5. The molecule has 1 aromatic heterocycles. The van der Waals surface area contributed by atoms with Crippen molar-refractivity contribution in [3.63, 3.8) is 0 Å². The highest BCUT2D eigenvalue weighted by Crippen LogP contribution is 2.41. The Hall–Kier alpha value is -1.33. The Morgan fingerprint density at radius 3 is 2.43 bits per heavy atom. The van der Waals surface area contributed by atoms with E-state index in [0.29, 0.717) is 30.9 Å². The standard InChI is InChI=1S/C16H10Cl3NO2S/c1-20-12-5-3-2-4-8(12)14(21)15(16(20)22)23-13-7-10(18)9(17)6-11(13)19/h2-7,21H,1H3. The zero-order chi connectivity index (χ0) is 16.7. The Balaban J connectivity index is 2.22. The summed E-state index contributed by atoms with van der Waals surface area (Å²) >= 11 is 19.1. The molecule has 0 saturated carbocycles. The number of hydrogen-bond acceptors (Lipinski definition) is 3. The molecule has 0 fully saturated rings. The lowest BCUT2D eigenvalue weighted by atomic mass is 10.2. The zero-order valence-corrected chi connectivity index (χ0v) is 14.9. The third-order valence-corrected chi connectivity index (χ3v) is 5.70. The maximum atomic E-state index is 12.6. The van der Waals surface area contributed by atoms with E-state index in [-0.39, 0.29) is 16.2 Å². The molecule has 23 heavy (non-hydrogen) atoms. The van der Waals surface area contributed by atoms with Gasteiger partial charge in [0.15, 0.2) is 0 Å². The molecule has 0 atom stereocenters. The smallest absolute Gasteiger partial charge is 0.268 e. The zero-order valence-electron chi connectivity index (χ0n) is 11.8. The highest BCUT2D eigenvalue weighted by atomic mass is 35.5. The highest BCUT2D eigenvalue weighted by molar-refractivity contribution is 7.99. The van der Waals surface area contributed by atoms with Gasteiger partial charge in [0, 0.05) is 17.3 Å². The van der Waals surface area contributed by atoms with E-state index >= 15 is 0 Å². The van der Waals surface area contributed by atoms with Crippen LogP contribution in [0.1, 0.15) is 0 Å². The number of pyridine rings is 1. The molecule has 118 valence electrons. The van der Waals surface area contributed by atoms with Gasteiger partial charge in [-0.1, -0.05) is 58.7 Å². The highest BCUT2D eigenvalue weighted by Gasteiger charge is 2.17. The van der Waals surface area contributed by atoms with Gasteiger partial charge < -0.3 is 9.67 Å². The van der Waals surface area contributed by atoms with Gasteiger partial charge in [-0.25, -0.2) is 0 Å². The molecule has 7 heteroatoms. The van der Waals surface area contributed by atoms with Gasteiger partial charge in [0.25, 0.3) is 5.56 Å². The normalized spacial score (nSPS) is 11.1. The lowest BCUT2D eigenvalue weighted by Gasteiger charge is -2.12. The van der Waals surface area contributed by atoms with E-state index in [1.54, 1.807) is 31.3 Å². The summed E-state index contributed by atoms with van der Waals surface area (Å²) in [6, 6.07) is 10.2. The summed E-state index contributed by atoms with van der Waals surface area (Å²) < 4.78 is 1.49. The number of hydrogen-bond donors (Lipinski definition) is 1. The second-order valence-electron chi connectivity index (χ2n) is 4.86. The average molecular weight is 387 g/mol. The van der Waals surface area contributed by atoms with Crippen molar-refractivity contribution in [2.24, 2.45) is 7.05 Å². The minimum Gasteiger partial charge on any atom is -0.506 e. The second kappa shape index (κ2) is 6.29. The van der Waals surface area contributed by atoms with Crippen molar-refractivity contribution >= 4 is 57.5 Å². The number of benzene rings is 2. The molecule has 0 aliphatic heterocycles. The molecule has 1 N–H and O–H groups in total. The van der Waals surface area contributed by atoms with Gasteiger partial charge in [-0.15, -0.1) is 0 Å². The van der Waals surface area contributed by atoms with Crippen LogP contribution in [0.15, 0.2) is 51.0 Å². The summed E-state index contributed by atoms with van der Waals surface area (Å²) in [6.45, 7) is 0. The van der Waals surface area contributed by atoms with Gasteiger partial charge in [-0.3, -0.25) is 4.79 Å². The van der Waals surface area contributed by atoms with Crippen molar-refractivity contribution < 1.29 is 5.11 Å². The van der Waals surface area contributed by atoms with Crippen LogP contribution in [0.3, 0.4) is 0 Å². The third-order valence-electron chi connectivity index (χ3n) is 3.42. The first-order valence-corrected chi connectivity index (χ1v) is 8.48. The number of para-hydroxylation sites is 1. The van der Waals surface area contributed by atoms with Crippen molar-refractivity contribution in [1.29, 1.82) is 0 Å². The number of aryl methyl sites for hydroxylation is 1. The maximum Gasteiger partial charge on any atom is 0.268 e. The molecule has 0 aliphatic carbocycles. The van der Waals surface area contributed by atoms with Crippen molar-refractivity contribution in [2.45, 2.75) is 9.79 Å². The molecule has 1 heterocycles. The van der Waals surface area contributed by atoms with Crippen LogP contribution in [0.2, 0.25) is 15.1 Å². The van der Waals surface area contributed by atoms with Gasteiger partial charge in [0.05, 0.1) is 20.6 Å². The molecule has 3 aromatic rings. The molecule has 0 aliphatic rings. The molecule has 0 amide bonds. The minimum absolute atomic E-state index is 0.0733. The Morgan fingerprint density at radius 2 is 1.70 bits per heavy atom. The molecular formula is C16H10Cl3NO2S. The summed E-state index contributed by atoms with van der Waals surface area (Å²) in [5.41, 5.74) is 0.341. The lowest BCUT2D eigenvalue weighted by molar-refractivity contribution is 0.465. The van der Waals surface area contributed by atoms with Crippen LogP contribution in [0.4, 0.5) is 0 Å². The second-order valence-corrected chi connectivity index (χ2v) is 7.13. The Morgan fingerprint density at radius 1 is 1.04 bits per heavy atom. The van der Waals surface area contributed by atoms with Crippen LogP contribution in [0.25, 0.3) is 10.9 Å². The number of rotatable bonds is 2. The Bertz CT molecular complexity index is 985. The van der Waals surface area contributed by atoms with Crippen LogP contribution in [-0.2, 0) is 7.05 Å². The fourth-order valence-corrected chi connectivity index (χ4v) is 3.95. The monoisotopic (exact) mass is 385 g/mol. The summed E-state index contributed by atoms with van der Waals surface area (Å²) in [5, 5.41) is 12.1. The van der Waals surface area contributed by atoms with Gasteiger partial charge in [-0.05, 0) is 24.3 Å². The SMILES string of the molecule is Cn1c(=O)c(Sc2cc(Cl)c(Cl)cc2Cl)c(O)c2ccccc21. The summed E-state index contributed by atoms with van der Waals surface area (Å²) in [5.74, 6) is -0.0733. The van der Waals surface area contributed by atoms with Crippen molar-refractivity contribution in [2.75, 3.05) is 0 Å². The topological polar surface area (TPSA) is 42.2 Å². The van der Waals surface area contributed by atoms with Crippen LogP contribution < -0.4 is 5.56 Å². The van der Waals surface area contributed by atoms with Crippen LogP contribution in [-0.4, -0.2) is 9.67 Å². The van der Waals surface area contributed by atoms with Crippen LogP contribution >= 0.6 is 46.6 Å². The Kier molecular flexibility index (Phi) is 4.52. The number of fused-ring (bicyclic) bond motifs is 1. The predicted molar refractivity (Wildman–Crippen MR) is 96.4 cm³/mol. The molecule has 3 rings (SSSR count). The summed E-state index contributed by atoms with van der Waals surface area (Å²) in [4.78, 5) is 13.3. The van der Waals surface area contributed by atoms with E-state index in [9.17, 15) is 9.90 Å². The molecule has 0 saturated heterocycles. The largest absolute Gasteiger partial charge is 0.506 e. The quantitative estimate of drug-likeness (QED) is 0.603. The molecule has 0 spiro atoms. The third kappa shape index (κ3) is 2.92. The maximum absolute atomic E-state index is 12.6. The summed E-state index contributed by atoms with van der Waals surface area (Å²) in [7, 11) is 1.66. The first-order valence-electron chi connectivity index (χ1n) is 6.53. The number of aromatic nitrogens is 1. The van der Waals surface area contributed by atoms with E-state index in [0.717, 1.165) is 11.8 Å². The molecular weight excluding hydrogens is 377 g/mol. The number of aromatic hydroxyl groups is 1. The van der Waals surface area contributed by atoms with E-state index in [4.69, 9.17) is 34.8 Å². The van der Waals surface area contributed by atoms with E-state index in [1.165, 1.54) is 10.6 Å². The number of halogens is 3. The average Bonchev–Trinajstić information content (AvgIpc) is 2.54. The van der Waals surface area contributed by atoms with Crippen molar-refractivity contribution in [1.82, 2.24) is 4.57 Å². The first-order chi connectivity index (χ1) is 10.9. The summed E-state index contributed by atoms with van der Waals surface area (Å²) in [6.07, 6.45) is 0. The fourth-order valence-electron chi connectivity index (χ4n) is 2.24. The predicted octanol–water partition coefficient (Wildman–Crippen LogP) is 5.36. The minimum atomic E-state index is -0.312. The molecule has 0 radical (unpaired) electrons. The van der Waals surface area contributed by atoms with Gasteiger partial charge >= 0.3 is 0 Å². The van der Waals surface area contributed by atoms with Gasteiger partial charge in [0.2, 0.25) is 0 Å². The molecule has 0 bridgehead atoms. The fraction of sp³-hybridized carbons (Fsp3) is 0.0625. The van der Waals surface area contributed by atoms with E-state index < -0.39 is 0 Å². The molecule has 3 nitrogen and oxygen atoms in total. The molecule has 2 aromatic carbocycles. The van der Waals surface area contributed by atoms with E-state index in [2.05, 4.69) is 0 Å². The van der Waals surface area contributed by atoms with E-state index in [1.807, 2.05) is 6.07 Å². The Labute approximate surface area is 151 Å². The van der Waals surface area contributed by atoms with Gasteiger partial charge in [0.1, 0.15) is 10.6 Å². The van der Waals surface area contributed by atoms with Crippen LogP contribution in [0, 0.1) is 0 Å². The van der Waals surface area contributed by atoms with Crippen molar-refractivity contribution in [3.05, 3.63) is 61.8 Å². The van der Waals surface area contributed by atoms with Gasteiger partial charge in [-0.2, -0.15) is 0 Å². The van der Waals surface area contributed by atoms with Crippen LogP contribution in [0.5, 0.6) is 5.75 Å². The van der Waals surface area contributed by atoms with Crippen molar-refractivity contribution in [3.8, 4) is 5.75 Å². The lowest BCUT2D eigenvalue weighted by Crippen LogP contribution is -2.18. The number of nitrogens with zero attached hydrogens (tertiary/aromatic N) is 1.